The zero-order valence-electron chi connectivity index (χ0n) is 13.3. The minimum absolute atomic E-state index is 0.116. The summed E-state index contributed by atoms with van der Waals surface area (Å²) in [7, 11) is 0. The molecule has 0 unspecified atom stereocenters. The summed E-state index contributed by atoms with van der Waals surface area (Å²) in [6.45, 7) is 0. The highest BCUT2D eigenvalue weighted by Gasteiger charge is 2.23. The van der Waals surface area contributed by atoms with Crippen molar-refractivity contribution in [3.63, 3.8) is 0 Å². The van der Waals surface area contributed by atoms with Crippen LogP contribution >= 0.6 is 11.6 Å². The molecule has 6 heteroatoms. The fourth-order valence-corrected chi connectivity index (χ4v) is 2.44. The number of halogens is 2. The van der Waals surface area contributed by atoms with Crippen molar-refractivity contribution >= 4 is 35.2 Å². The molecule has 2 N–H and O–H groups in total. The van der Waals surface area contributed by atoms with Crippen molar-refractivity contribution in [1.29, 1.82) is 0 Å². The molecule has 0 bridgehead atoms. The van der Waals surface area contributed by atoms with Gasteiger partial charge in [-0.05, 0) is 55.3 Å². The van der Waals surface area contributed by atoms with Gasteiger partial charge in [-0.3, -0.25) is 9.59 Å². The molecule has 1 saturated carbocycles. The first kappa shape index (κ1) is 17.2. The number of amides is 2. The molecule has 0 heterocycles. The van der Waals surface area contributed by atoms with E-state index in [-0.39, 0.29) is 16.5 Å². The average molecular weight is 359 g/mol. The lowest BCUT2D eigenvalue weighted by Gasteiger charge is -2.06. The molecule has 1 aliphatic rings. The first-order valence-corrected chi connectivity index (χ1v) is 8.25. The minimum Gasteiger partial charge on any atom is -0.349 e. The summed E-state index contributed by atoms with van der Waals surface area (Å²) in [6, 6.07) is 11.2. The van der Waals surface area contributed by atoms with E-state index in [1.54, 1.807) is 30.3 Å². The third-order valence-corrected chi connectivity index (χ3v) is 4.06. The smallest absolute Gasteiger partial charge is 0.251 e. The lowest BCUT2D eigenvalue weighted by Crippen LogP contribution is -2.25. The van der Waals surface area contributed by atoms with Gasteiger partial charge in [0, 0.05) is 28.9 Å². The Balaban J connectivity index is 1.60. The van der Waals surface area contributed by atoms with Crippen molar-refractivity contribution in [2.24, 2.45) is 0 Å². The van der Waals surface area contributed by atoms with Crippen LogP contribution in [0, 0.1) is 5.82 Å². The standard InChI is InChI=1S/C19H16ClFN2O2/c20-16-2-1-3-17(21)15(16)10-11-18(24)22-13-6-4-12(5-7-13)19(25)23-14-8-9-14/h1-7,10-11,14H,8-9H2,(H,22,24)(H,23,25). The molecule has 25 heavy (non-hydrogen) atoms. The first-order chi connectivity index (χ1) is 12.0. The number of anilines is 1. The molecule has 2 amide bonds. The molecule has 0 aromatic heterocycles. The topological polar surface area (TPSA) is 58.2 Å². The van der Waals surface area contributed by atoms with Gasteiger partial charge < -0.3 is 10.6 Å². The normalized spacial score (nSPS) is 13.7. The molecule has 1 fully saturated rings. The van der Waals surface area contributed by atoms with Crippen LogP contribution in [0.3, 0.4) is 0 Å². The van der Waals surface area contributed by atoms with Gasteiger partial charge in [0.15, 0.2) is 0 Å². The predicted molar refractivity (Wildman–Crippen MR) is 96.0 cm³/mol. The van der Waals surface area contributed by atoms with Gasteiger partial charge in [0.25, 0.3) is 5.91 Å². The van der Waals surface area contributed by atoms with E-state index in [1.807, 2.05) is 0 Å². The van der Waals surface area contributed by atoms with Gasteiger partial charge in [-0.2, -0.15) is 0 Å². The van der Waals surface area contributed by atoms with Crippen LogP contribution in [-0.4, -0.2) is 17.9 Å². The lowest BCUT2D eigenvalue weighted by molar-refractivity contribution is -0.111. The van der Waals surface area contributed by atoms with Crippen molar-refractivity contribution in [3.8, 4) is 0 Å². The van der Waals surface area contributed by atoms with Crippen LogP contribution in [-0.2, 0) is 4.79 Å². The number of hydrogen-bond donors (Lipinski definition) is 2. The monoisotopic (exact) mass is 358 g/mol. The Bertz CT molecular complexity index is 810. The van der Waals surface area contributed by atoms with Crippen LogP contribution in [0.15, 0.2) is 48.5 Å². The second kappa shape index (κ2) is 7.49. The number of benzene rings is 2. The van der Waals surface area contributed by atoms with Gasteiger partial charge in [0.2, 0.25) is 5.91 Å². The van der Waals surface area contributed by atoms with Crippen LogP contribution in [0.5, 0.6) is 0 Å². The minimum atomic E-state index is -0.498. The fraction of sp³-hybridized carbons (Fsp3) is 0.158. The summed E-state index contributed by atoms with van der Waals surface area (Å²) in [4.78, 5) is 23.8. The predicted octanol–water partition coefficient (Wildman–Crippen LogP) is 4.02. The first-order valence-electron chi connectivity index (χ1n) is 7.87. The van der Waals surface area contributed by atoms with E-state index < -0.39 is 11.7 Å². The highest BCUT2D eigenvalue weighted by molar-refractivity contribution is 6.32. The van der Waals surface area contributed by atoms with Crippen LogP contribution in [0.1, 0.15) is 28.8 Å². The Morgan fingerprint density at radius 2 is 1.84 bits per heavy atom. The Hall–Kier alpha value is -2.66. The molecule has 128 valence electrons. The molecule has 0 spiro atoms. The maximum Gasteiger partial charge on any atom is 0.251 e. The molecule has 3 rings (SSSR count). The van der Waals surface area contributed by atoms with E-state index in [9.17, 15) is 14.0 Å². The maximum absolute atomic E-state index is 13.6. The van der Waals surface area contributed by atoms with Crippen molar-refractivity contribution in [1.82, 2.24) is 5.32 Å². The van der Waals surface area contributed by atoms with Crippen molar-refractivity contribution in [3.05, 3.63) is 70.5 Å². The van der Waals surface area contributed by atoms with E-state index in [0.717, 1.165) is 12.8 Å². The van der Waals surface area contributed by atoms with E-state index in [0.29, 0.717) is 17.3 Å². The summed E-state index contributed by atoms with van der Waals surface area (Å²) in [5.74, 6) is -1.04. The lowest BCUT2D eigenvalue weighted by atomic mass is 10.2. The summed E-state index contributed by atoms with van der Waals surface area (Å²) in [6.07, 6.45) is 4.58. The quantitative estimate of drug-likeness (QED) is 0.793. The van der Waals surface area contributed by atoms with E-state index in [4.69, 9.17) is 11.6 Å². The fourth-order valence-electron chi connectivity index (χ4n) is 2.21. The number of rotatable bonds is 5. The summed E-state index contributed by atoms with van der Waals surface area (Å²) in [5, 5.41) is 5.77. The van der Waals surface area contributed by atoms with Crippen molar-refractivity contribution in [2.45, 2.75) is 18.9 Å². The van der Waals surface area contributed by atoms with E-state index in [2.05, 4.69) is 10.6 Å². The molecule has 2 aromatic rings. The maximum atomic E-state index is 13.6. The number of carbonyl (C=O) groups excluding carboxylic acids is 2. The van der Waals surface area contributed by atoms with Gasteiger partial charge in [-0.15, -0.1) is 0 Å². The van der Waals surface area contributed by atoms with Gasteiger partial charge >= 0.3 is 0 Å². The molecule has 0 saturated heterocycles. The van der Waals surface area contributed by atoms with Crippen LogP contribution in [0.25, 0.3) is 6.08 Å². The van der Waals surface area contributed by atoms with Gasteiger partial charge in [-0.1, -0.05) is 17.7 Å². The van der Waals surface area contributed by atoms with Crippen LogP contribution in [0.2, 0.25) is 5.02 Å². The Labute approximate surface area is 149 Å². The molecule has 0 atom stereocenters. The van der Waals surface area contributed by atoms with Gasteiger partial charge in [-0.25, -0.2) is 4.39 Å². The largest absolute Gasteiger partial charge is 0.349 e. The average Bonchev–Trinajstić information content (AvgIpc) is 3.39. The highest BCUT2D eigenvalue weighted by Crippen LogP contribution is 2.21. The number of hydrogen-bond acceptors (Lipinski definition) is 2. The zero-order chi connectivity index (χ0) is 17.8. The van der Waals surface area contributed by atoms with Crippen LogP contribution in [0.4, 0.5) is 10.1 Å². The Morgan fingerprint density at radius 3 is 2.48 bits per heavy atom. The SMILES string of the molecule is O=C(C=Cc1c(F)cccc1Cl)Nc1ccc(C(=O)NC2CC2)cc1. The van der Waals surface area contributed by atoms with Gasteiger partial charge in [0.1, 0.15) is 5.82 Å². The third kappa shape index (κ3) is 4.67. The number of nitrogens with one attached hydrogen (secondary N) is 2. The molecular formula is C19H16ClFN2O2. The van der Waals surface area contributed by atoms with E-state index in [1.165, 1.54) is 24.3 Å². The summed E-state index contributed by atoms with van der Waals surface area (Å²) < 4.78 is 13.6. The molecule has 0 radical (unpaired) electrons. The molecule has 2 aromatic carbocycles. The number of carbonyl (C=O) groups is 2. The van der Waals surface area contributed by atoms with Crippen molar-refractivity contribution in [2.75, 3.05) is 5.32 Å². The Morgan fingerprint density at radius 1 is 1.12 bits per heavy atom. The Kier molecular flexibility index (Phi) is 5.14. The molecular weight excluding hydrogens is 343 g/mol. The molecule has 4 nitrogen and oxygen atoms in total. The summed E-state index contributed by atoms with van der Waals surface area (Å²) in [5.41, 5.74) is 1.24. The third-order valence-electron chi connectivity index (χ3n) is 3.73. The second-order valence-corrected chi connectivity index (χ2v) is 6.19. The van der Waals surface area contributed by atoms with Gasteiger partial charge in [0.05, 0.1) is 5.02 Å². The zero-order valence-corrected chi connectivity index (χ0v) is 14.0. The van der Waals surface area contributed by atoms with Crippen LogP contribution < -0.4 is 10.6 Å². The highest BCUT2D eigenvalue weighted by atomic mass is 35.5. The van der Waals surface area contributed by atoms with E-state index >= 15 is 0 Å². The summed E-state index contributed by atoms with van der Waals surface area (Å²) >= 11 is 5.90. The van der Waals surface area contributed by atoms with Crippen molar-refractivity contribution < 1.29 is 14.0 Å². The molecule has 1 aliphatic carbocycles. The molecule has 0 aliphatic heterocycles. The second-order valence-electron chi connectivity index (χ2n) is 5.78.